The summed E-state index contributed by atoms with van der Waals surface area (Å²) in [6.07, 6.45) is 2.75. The molecule has 1 unspecified atom stereocenters. The maximum Gasteiger partial charge on any atom is 0.233 e. The first-order chi connectivity index (χ1) is 8.45. The molecule has 4 heteroatoms. The van der Waals surface area contributed by atoms with E-state index >= 15 is 0 Å². The highest BCUT2D eigenvalue weighted by atomic mass is 16.3. The topological polar surface area (TPSA) is 50.5 Å². The molecule has 1 saturated heterocycles. The van der Waals surface area contributed by atoms with Crippen molar-refractivity contribution in [2.24, 2.45) is 11.3 Å². The van der Waals surface area contributed by atoms with Gasteiger partial charge in [-0.25, -0.2) is 0 Å². The van der Waals surface area contributed by atoms with Gasteiger partial charge in [0.15, 0.2) is 0 Å². The zero-order valence-corrected chi connectivity index (χ0v) is 11.1. The van der Waals surface area contributed by atoms with Crippen molar-refractivity contribution in [1.82, 2.24) is 4.90 Å². The predicted octanol–water partition coefficient (Wildman–Crippen LogP) is 2.59. The number of likely N-dealkylation sites (tertiary alicyclic amines) is 1. The van der Waals surface area contributed by atoms with E-state index in [2.05, 4.69) is 0 Å². The van der Waals surface area contributed by atoms with Gasteiger partial charge >= 0.3 is 0 Å². The molecule has 1 aliphatic heterocycles. The first-order valence-corrected chi connectivity index (χ1v) is 6.32. The monoisotopic (exact) mass is 249 g/mol. The fourth-order valence-corrected chi connectivity index (χ4v) is 2.26. The van der Waals surface area contributed by atoms with Crippen LogP contribution in [0.15, 0.2) is 22.8 Å². The summed E-state index contributed by atoms with van der Waals surface area (Å²) in [6.45, 7) is 6.38. The van der Waals surface area contributed by atoms with Crippen LogP contribution in [0.5, 0.6) is 0 Å². The highest BCUT2D eigenvalue weighted by molar-refractivity contribution is 6.03. The lowest BCUT2D eigenvalue weighted by Crippen LogP contribution is -2.34. The molecule has 0 bridgehead atoms. The number of rotatable bonds is 4. The summed E-state index contributed by atoms with van der Waals surface area (Å²) in [4.78, 5) is 25.6. The minimum atomic E-state index is -0.204. The third-order valence-corrected chi connectivity index (χ3v) is 3.99. The van der Waals surface area contributed by atoms with E-state index in [1.54, 1.807) is 18.4 Å². The van der Waals surface area contributed by atoms with Crippen molar-refractivity contribution in [3.63, 3.8) is 0 Å². The molecule has 2 amide bonds. The second-order valence-corrected chi connectivity index (χ2v) is 5.50. The van der Waals surface area contributed by atoms with E-state index in [1.165, 1.54) is 4.90 Å². The number of hydrogen-bond acceptors (Lipinski definition) is 3. The van der Waals surface area contributed by atoms with E-state index in [9.17, 15) is 9.59 Å². The van der Waals surface area contributed by atoms with Crippen molar-refractivity contribution in [2.45, 2.75) is 40.2 Å². The fourth-order valence-electron chi connectivity index (χ4n) is 2.26. The summed E-state index contributed by atoms with van der Waals surface area (Å²) >= 11 is 0. The Hall–Kier alpha value is -1.58. The maximum atomic E-state index is 12.3. The molecule has 0 N–H and O–H groups in total. The highest BCUT2D eigenvalue weighted by Gasteiger charge is 2.45. The van der Waals surface area contributed by atoms with E-state index in [1.807, 2.05) is 20.8 Å². The van der Waals surface area contributed by atoms with Crippen molar-refractivity contribution in [1.29, 1.82) is 0 Å². The standard InChI is InChI=1S/C14H19NO3/c1-4-14(2,3)11-8-12(16)15(13(11)17)9-10-6-5-7-18-10/h5-7,11H,4,8-9H2,1-3H3. The number of imide groups is 1. The van der Waals surface area contributed by atoms with Gasteiger partial charge in [-0.2, -0.15) is 0 Å². The van der Waals surface area contributed by atoms with Crippen LogP contribution in [0.4, 0.5) is 0 Å². The second-order valence-electron chi connectivity index (χ2n) is 5.50. The Balaban J connectivity index is 2.15. The molecule has 1 aromatic heterocycles. The van der Waals surface area contributed by atoms with Gasteiger partial charge in [0.05, 0.1) is 18.7 Å². The minimum absolute atomic E-state index is 0.0664. The maximum absolute atomic E-state index is 12.3. The molecule has 1 fully saturated rings. The van der Waals surface area contributed by atoms with Gasteiger partial charge in [-0.15, -0.1) is 0 Å². The van der Waals surface area contributed by atoms with E-state index in [-0.39, 0.29) is 29.7 Å². The molecule has 2 heterocycles. The van der Waals surface area contributed by atoms with Crippen molar-refractivity contribution < 1.29 is 14.0 Å². The lowest BCUT2D eigenvalue weighted by atomic mass is 9.76. The van der Waals surface area contributed by atoms with Gasteiger partial charge in [0, 0.05) is 6.42 Å². The van der Waals surface area contributed by atoms with Gasteiger partial charge < -0.3 is 4.42 Å². The van der Waals surface area contributed by atoms with Gasteiger partial charge in [-0.1, -0.05) is 27.2 Å². The molecule has 1 atom stereocenters. The minimum Gasteiger partial charge on any atom is -0.467 e. The van der Waals surface area contributed by atoms with Gasteiger partial charge in [-0.3, -0.25) is 14.5 Å². The number of amides is 2. The summed E-state index contributed by atoms with van der Waals surface area (Å²) in [5.74, 6) is 0.280. The Bertz CT molecular complexity index is 448. The van der Waals surface area contributed by atoms with Gasteiger partial charge in [0.1, 0.15) is 5.76 Å². The predicted molar refractivity (Wildman–Crippen MR) is 66.4 cm³/mol. The average Bonchev–Trinajstić information content (AvgIpc) is 2.93. The van der Waals surface area contributed by atoms with Crippen LogP contribution >= 0.6 is 0 Å². The lowest BCUT2D eigenvalue weighted by molar-refractivity contribution is -0.141. The summed E-state index contributed by atoms with van der Waals surface area (Å²) in [7, 11) is 0. The van der Waals surface area contributed by atoms with Gasteiger partial charge in [0.25, 0.3) is 0 Å². The van der Waals surface area contributed by atoms with Crippen LogP contribution in [0.25, 0.3) is 0 Å². The Kier molecular flexibility index (Phi) is 3.28. The first kappa shape index (κ1) is 12.9. The van der Waals surface area contributed by atoms with Crippen LogP contribution < -0.4 is 0 Å². The third kappa shape index (κ3) is 2.19. The molecular weight excluding hydrogens is 230 g/mol. The third-order valence-electron chi connectivity index (χ3n) is 3.99. The molecule has 1 aliphatic rings. The van der Waals surface area contributed by atoms with Crippen LogP contribution in [0.2, 0.25) is 0 Å². The Morgan fingerprint density at radius 1 is 1.44 bits per heavy atom. The molecule has 18 heavy (non-hydrogen) atoms. The molecule has 1 aromatic rings. The number of nitrogens with zero attached hydrogens (tertiary/aromatic N) is 1. The number of furan rings is 1. The van der Waals surface area contributed by atoms with E-state index < -0.39 is 0 Å². The molecular formula is C14H19NO3. The number of carbonyl (C=O) groups excluding carboxylic acids is 2. The summed E-state index contributed by atoms with van der Waals surface area (Å²) in [6, 6.07) is 3.53. The highest BCUT2D eigenvalue weighted by Crippen LogP contribution is 2.38. The Morgan fingerprint density at radius 2 is 2.17 bits per heavy atom. The first-order valence-electron chi connectivity index (χ1n) is 6.32. The van der Waals surface area contributed by atoms with Crippen molar-refractivity contribution in [3.05, 3.63) is 24.2 Å². The molecule has 98 valence electrons. The average molecular weight is 249 g/mol. The largest absolute Gasteiger partial charge is 0.467 e. The summed E-state index contributed by atoms with van der Waals surface area (Å²) in [5, 5.41) is 0. The van der Waals surface area contributed by atoms with Crippen molar-refractivity contribution in [3.8, 4) is 0 Å². The molecule has 0 radical (unpaired) electrons. The van der Waals surface area contributed by atoms with E-state index in [0.29, 0.717) is 12.2 Å². The molecule has 2 rings (SSSR count). The van der Waals surface area contributed by atoms with E-state index in [4.69, 9.17) is 4.42 Å². The molecule has 4 nitrogen and oxygen atoms in total. The number of carbonyl (C=O) groups is 2. The van der Waals surface area contributed by atoms with Crippen molar-refractivity contribution in [2.75, 3.05) is 0 Å². The molecule has 0 aromatic carbocycles. The Labute approximate surface area is 107 Å². The fraction of sp³-hybridized carbons (Fsp3) is 0.571. The van der Waals surface area contributed by atoms with Crippen LogP contribution in [0, 0.1) is 11.3 Å². The zero-order chi connectivity index (χ0) is 13.3. The van der Waals surface area contributed by atoms with Crippen molar-refractivity contribution >= 4 is 11.8 Å². The normalized spacial score (nSPS) is 20.8. The van der Waals surface area contributed by atoms with E-state index in [0.717, 1.165) is 6.42 Å². The SMILES string of the molecule is CCC(C)(C)C1CC(=O)N(Cc2ccco2)C1=O. The van der Waals surface area contributed by atoms with Crippen LogP contribution in [-0.4, -0.2) is 16.7 Å². The quantitative estimate of drug-likeness (QED) is 0.771. The van der Waals surface area contributed by atoms with Gasteiger partial charge in [-0.05, 0) is 17.5 Å². The Morgan fingerprint density at radius 3 is 2.72 bits per heavy atom. The lowest BCUT2D eigenvalue weighted by Gasteiger charge is -2.28. The molecule has 0 spiro atoms. The summed E-state index contributed by atoms with van der Waals surface area (Å²) in [5.41, 5.74) is -0.134. The van der Waals surface area contributed by atoms with Crippen LogP contribution in [0.3, 0.4) is 0 Å². The smallest absolute Gasteiger partial charge is 0.233 e. The zero-order valence-electron chi connectivity index (χ0n) is 11.1. The number of hydrogen-bond donors (Lipinski definition) is 0. The molecule has 0 aliphatic carbocycles. The van der Waals surface area contributed by atoms with Crippen LogP contribution in [0.1, 0.15) is 39.4 Å². The molecule has 0 saturated carbocycles. The van der Waals surface area contributed by atoms with Gasteiger partial charge in [0.2, 0.25) is 11.8 Å². The van der Waals surface area contributed by atoms with Crippen LogP contribution in [-0.2, 0) is 16.1 Å². The summed E-state index contributed by atoms with van der Waals surface area (Å²) < 4.78 is 5.19. The second kappa shape index (κ2) is 4.59.